The number of sulfonamides is 3. The van der Waals surface area contributed by atoms with Crippen LogP contribution in [0.2, 0.25) is 0 Å². The van der Waals surface area contributed by atoms with Gasteiger partial charge in [0.05, 0.1) is 28.4 Å². The normalized spacial score (nSPS) is 15.5. The van der Waals surface area contributed by atoms with Gasteiger partial charge in [-0.3, -0.25) is 29.3 Å². The Hall–Kier alpha value is -11.0. The number of aromatic carboxylic acids is 1. The maximum absolute atomic E-state index is 13.4. The van der Waals surface area contributed by atoms with E-state index in [-0.39, 0.29) is 117 Å². The summed E-state index contributed by atoms with van der Waals surface area (Å²) in [7, 11) is -5.08. The summed E-state index contributed by atoms with van der Waals surface area (Å²) in [5, 5.41) is 43.8. The van der Waals surface area contributed by atoms with Gasteiger partial charge in [-0.15, -0.1) is 0 Å². The Bertz CT molecular complexity index is 6040. The maximum Gasteiger partial charge on any atom is 1.00 e. The second kappa shape index (κ2) is 49.7. The molecule has 135 heavy (non-hydrogen) atoms. The quantitative estimate of drug-likeness (QED) is 0.0162. The fourth-order valence-electron chi connectivity index (χ4n) is 17.5. The van der Waals surface area contributed by atoms with E-state index in [1.165, 1.54) is 34.5 Å². The number of rotatable bonds is 28. The Morgan fingerprint density at radius 3 is 1.03 bits per heavy atom. The molecule has 5 amide bonds. The number of aliphatic hydroxyl groups is 1. The van der Waals surface area contributed by atoms with Gasteiger partial charge in [-0.1, -0.05) is 161 Å². The number of piperidine rings is 3. The number of hydrogen-bond acceptors (Lipinski definition) is 19. The molecule has 0 aromatic heterocycles. The monoisotopic (exact) mass is 1910 g/mol. The van der Waals surface area contributed by atoms with Crippen molar-refractivity contribution in [3.8, 4) is 39.6 Å². The number of carboxylic acids is 1. The number of nitrogens with two attached hydrogens (primary N) is 3. The van der Waals surface area contributed by atoms with Crippen molar-refractivity contribution in [1.29, 1.82) is 5.26 Å². The van der Waals surface area contributed by atoms with E-state index in [0.717, 1.165) is 144 Å². The van der Waals surface area contributed by atoms with Crippen molar-refractivity contribution in [3.63, 3.8) is 0 Å². The first-order valence-corrected chi connectivity index (χ1v) is 50.5. The van der Waals surface area contributed by atoms with Crippen molar-refractivity contribution in [2.75, 3.05) is 99.8 Å². The van der Waals surface area contributed by atoms with E-state index in [2.05, 4.69) is 115 Å². The van der Waals surface area contributed by atoms with E-state index in [9.17, 15) is 49.2 Å². The van der Waals surface area contributed by atoms with E-state index >= 15 is 0 Å². The molecular weight excluding hydrogens is 1780 g/mol. The van der Waals surface area contributed by atoms with Gasteiger partial charge in [0.25, 0.3) is 11.8 Å². The second-order valence-corrected chi connectivity index (χ2v) is 41.0. The molecule has 0 unspecified atom stereocenters. The summed E-state index contributed by atoms with van der Waals surface area (Å²) in [6.07, 6.45) is 10.2. The Morgan fingerprint density at radius 2 is 0.748 bits per heavy atom. The number of aliphatic imine (C=N–C) groups is 2. The standard InChI is InChI=1S/C34H41N5O4S.C33H40N4O3S.C17H28N4O3S.C16H16O2.C2H6O.CHNO.Na/c1-5-7-25-10-12-26(13-11-25)27-8-6-9-28(22-27)31-36-32(40)34(37-31)15-17-39(18-16-34)44(42,43)19-14-30-23(2)20-29(21-24(30)3)38(4)33(35)41;1-5-7-25-10-12-26(13-11-25)27-8-6-9-28(22-27)31-35-32(38)33(36-31)15-17-37(18-16-33)41(39,40)19-14-30-23(2)20-29(34-4)21-24(30)3;1-12-10-14(20-3)11-13(2)15(12)4-9-25(23,24)21-7-5-17(19,6-8-21)16(18)22;1-2-4-12-7-9-13(10-8-12)14-5-3-6-15(11-14)16(17)18;1-2-3;2-1-3;/h6,8-13,20-22H,5,7,14-19H2,1-4H3,(H2,35,41)(H,36,37,40);6,8-13,20-22,34H,5,7,14-19H2,1-4H3,(H,35,36,38);10-11,20H,4-9,19H2,1-3H3,(H2,18,22);3,5-11H,2,4H2,1H3,(H,17,18);3H,2H2,1H3;3H;/q;;;;;;+1/p-1. The van der Waals surface area contributed by atoms with Gasteiger partial charge in [0.2, 0.25) is 36.0 Å². The van der Waals surface area contributed by atoms with Gasteiger partial charge in [-0.2, -0.15) is 0 Å². The minimum absolute atomic E-state index is 0. The van der Waals surface area contributed by atoms with Crippen LogP contribution >= 0.6 is 0 Å². The SMILES string of the molecule is CCCc1ccc(-c2cccc(C(=O)O)c2)cc1.CCCc1ccc(-c2cccc(C3=NC4(CCN(S(=O)(=O)CCc5c(C)cc(N(C)C(N)=O)cc5C)CC4)C(=O)N3)c2)cc1.CCCc1ccc(-c2cccc(C3=NC4(CCN(S(=O)(=O)CCc5c(C)cc(NC)cc5C)CC4)C(=O)N3)c2)cc1.CCO.CNc1cc(C)c(CCS(=O)(=O)N2CCC(N)(C(N)=O)CC2)c(C)c1.N#C[O-].[Na+]. The summed E-state index contributed by atoms with van der Waals surface area (Å²) >= 11 is 0. The third kappa shape index (κ3) is 28.8. The van der Waals surface area contributed by atoms with Crippen LogP contribution in [-0.4, -0.2) is 191 Å². The molecule has 5 aliphatic heterocycles. The molecule has 0 radical (unpaired) electrons. The summed E-state index contributed by atoms with van der Waals surface area (Å²) < 4.78 is 83.0. The van der Waals surface area contributed by atoms with Gasteiger partial charge in [0, 0.05) is 101 Å². The number of urea groups is 1. The average Bonchev–Trinajstić information content (AvgIpc) is 1.62. The summed E-state index contributed by atoms with van der Waals surface area (Å²) in [5.41, 5.74) is 37.9. The Balaban J connectivity index is 0.000000226. The van der Waals surface area contributed by atoms with E-state index in [1.807, 2.05) is 147 Å². The van der Waals surface area contributed by atoms with Gasteiger partial charge in [0.1, 0.15) is 22.7 Å². The molecule has 14 rings (SSSR count). The number of aliphatic hydroxyl groups excluding tert-OH is 1. The molecule has 2 spiro atoms. The zero-order valence-corrected chi connectivity index (χ0v) is 84.8. The number of primary amides is 2. The number of amides is 5. The predicted molar refractivity (Wildman–Crippen MR) is 534 cm³/mol. The molecule has 5 aliphatic rings. The minimum Gasteiger partial charge on any atom is -0.812 e. The number of nitrogens with zero attached hydrogens (tertiary/aromatic N) is 7. The summed E-state index contributed by atoms with van der Waals surface area (Å²) in [4.78, 5) is 71.4. The summed E-state index contributed by atoms with van der Waals surface area (Å²) in [5.74, 6) is -0.630. The van der Waals surface area contributed by atoms with Crippen molar-refractivity contribution in [2.45, 2.75) is 182 Å². The molecule has 5 heterocycles. The predicted octanol–water partition coefficient (Wildman–Crippen LogP) is 10.3. The Labute approximate surface area is 819 Å². The molecule has 716 valence electrons. The zero-order valence-electron chi connectivity index (χ0n) is 80.4. The van der Waals surface area contributed by atoms with Gasteiger partial charge in [0.15, 0.2) is 0 Å². The molecule has 0 aliphatic carbocycles. The van der Waals surface area contributed by atoms with E-state index in [0.29, 0.717) is 74.1 Å². The number of benzene rings is 9. The molecule has 9 aromatic rings. The Kier molecular flexibility index (Phi) is 40.2. The number of amidine groups is 2. The number of carboxylic acid groups (broad SMARTS) is 1. The van der Waals surface area contributed by atoms with Crippen LogP contribution in [0.1, 0.15) is 174 Å². The van der Waals surface area contributed by atoms with Gasteiger partial charge in [-0.05, 0) is 286 Å². The topological polar surface area (TPSA) is 439 Å². The van der Waals surface area contributed by atoms with Crippen LogP contribution in [0.4, 0.5) is 21.9 Å². The van der Waals surface area contributed by atoms with Gasteiger partial charge < -0.3 is 53.8 Å². The molecule has 0 saturated carbocycles. The number of hydrogen-bond donors (Lipinski definition) is 9. The number of carbonyl (C=O) groups excluding carboxylic acids is 4. The third-order valence-corrected chi connectivity index (χ3v) is 31.0. The molecule has 0 bridgehead atoms. The van der Waals surface area contributed by atoms with Crippen molar-refractivity contribution >= 4 is 88.5 Å². The van der Waals surface area contributed by atoms with Crippen molar-refractivity contribution in [3.05, 3.63) is 265 Å². The first kappa shape index (κ1) is 109. The van der Waals surface area contributed by atoms with Crippen LogP contribution < -0.4 is 78.0 Å². The van der Waals surface area contributed by atoms with Crippen molar-refractivity contribution < 1.29 is 94.1 Å². The number of nitriles is 1. The van der Waals surface area contributed by atoms with Crippen LogP contribution in [0.25, 0.3) is 33.4 Å². The number of nitrogens with one attached hydrogen (secondary N) is 4. The molecule has 28 nitrogen and oxygen atoms in total. The fourth-order valence-corrected chi connectivity index (χ4v) is 21.9. The molecule has 32 heteroatoms. The molecule has 9 aromatic carbocycles. The van der Waals surface area contributed by atoms with Crippen LogP contribution in [-0.2, 0) is 83.0 Å². The van der Waals surface area contributed by atoms with Crippen LogP contribution in [0.15, 0.2) is 192 Å². The molecule has 3 fully saturated rings. The van der Waals surface area contributed by atoms with Crippen LogP contribution in [0.3, 0.4) is 0 Å². The number of anilines is 3. The summed E-state index contributed by atoms with van der Waals surface area (Å²) in [6.45, 7) is 21.8. The van der Waals surface area contributed by atoms with Crippen LogP contribution in [0.5, 0.6) is 0 Å². The smallest absolute Gasteiger partial charge is 0.812 e. The van der Waals surface area contributed by atoms with E-state index < -0.39 is 64.6 Å². The van der Waals surface area contributed by atoms with E-state index in [4.69, 9.17) is 47.8 Å². The fraction of sp³-hybridized carbons (Fsp3) is 0.398. The maximum atomic E-state index is 13.4. The number of aryl methyl sites for hydroxylation is 9. The van der Waals surface area contributed by atoms with Gasteiger partial charge in [-0.25, -0.2) is 53.0 Å². The number of carbonyl (C=O) groups is 5. The van der Waals surface area contributed by atoms with Crippen molar-refractivity contribution in [1.82, 2.24) is 23.5 Å². The van der Waals surface area contributed by atoms with Gasteiger partial charge >= 0.3 is 41.6 Å². The molecule has 12 N–H and O–H groups in total. The molecular formula is C103H131N14NaO14S3. The first-order valence-electron chi connectivity index (χ1n) is 45.7. The minimum atomic E-state index is -3.56. The first-order chi connectivity index (χ1) is 63.7. The average molecular weight is 1910 g/mol. The van der Waals surface area contributed by atoms with Crippen LogP contribution in [0, 0.1) is 53.1 Å². The molecule has 3 saturated heterocycles. The summed E-state index contributed by atoms with van der Waals surface area (Å²) in [6, 6.07) is 59.8. The Morgan fingerprint density at radius 1 is 0.467 bits per heavy atom. The largest absolute Gasteiger partial charge is 1.00 e. The zero-order chi connectivity index (χ0) is 98.0. The molecule has 0 atom stereocenters. The third-order valence-electron chi connectivity index (χ3n) is 25.4. The second-order valence-electron chi connectivity index (χ2n) is 34.7. The van der Waals surface area contributed by atoms with Crippen molar-refractivity contribution in [2.24, 2.45) is 27.2 Å². The van der Waals surface area contributed by atoms with E-state index in [1.54, 1.807) is 32.2 Å².